The second kappa shape index (κ2) is 5.91. The third kappa shape index (κ3) is 2.72. The molecule has 2 aliphatic heterocycles. The number of fused-ring (bicyclic) bond motifs is 2. The van der Waals surface area contributed by atoms with E-state index in [9.17, 15) is 4.79 Å². The summed E-state index contributed by atoms with van der Waals surface area (Å²) in [5.41, 5.74) is 6.03. The highest BCUT2D eigenvalue weighted by molar-refractivity contribution is 9.10. The molecule has 0 aromatic heterocycles. The number of nitrogens with two attached hydrogens (primary N) is 1. The smallest absolute Gasteiger partial charge is 0.283 e. The topological polar surface area (TPSA) is 73.9 Å². The summed E-state index contributed by atoms with van der Waals surface area (Å²) in [6.45, 7) is 2.88. The van der Waals surface area contributed by atoms with Gasteiger partial charge in [-0.15, -0.1) is 0 Å². The van der Waals surface area contributed by atoms with Crippen LogP contribution in [0.4, 0.5) is 0 Å². The Morgan fingerprint density at radius 2 is 2.23 bits per heavy atom. The number of halogens is 1. The first-order chi connectivity index (χ1) is 10.5. The number of hydrogen-bond acceptors (Lipinski definition) is 5. The molecule has 3 rings (SSSR count). The lowest BCUT2D eigenvalue weighted by molar-refractivity contribution is -0.120. The van der Waals surface area contributed by atoms with Gasteiger partial charge in [0.05, 0.1) is 6.61 Å². The van der Waals surface area contributed by atoms with Gasteiger partial charge in [-0.3, -0.25) is 4.79 Å². The number of amidine groups is 1. The van der Waals surface area contributed by atoms with Gasteiger partial charge in [-0.25, -0.2) is 4.99 Å². The molecule has 0 fully saturated rings. The molecule has 1 spiro atoms. The number of Topliss-reactive ketones (excluding diaryl/α,β-unsaturated/α-hetero) is 1. The van der Waals surface area contributed by atoms with Gasteiger partial charge in [0.2, 0.25) is 0 Å². The fourth-order valence-corrected chi connectivity index (χ4v) is 3.49. The van der Waals surface area contributed by atoms with E-state index in [1.807, 2.05) is 25.1 Å². The Morgan fingerprint density at radius 3 is 2.95 bits per heavy atom. The molecule has 1 aromatic rings. The molecule has 0 bridgehead atoms. The monoisotopic (exact) mass is 366 g/mol. The number of carbonyl (C=O) groups is 1. The number of hydrogen-bond donors (Lipinski definition) is 1. The number of ether oxygens (including phenoxy) is 2. The Bertz CT molecular complexity index is 632. The van der Waals surface area contributed by atoms with Crippen molar-refractivity contribution >= 4 is 27.7 Å². The Balaban J connectivity index is 2.14. The SMILES string of the molecule is CC1CC(=O)CCCOc2ccc(Br)cc2C12COC(N)=N2. The van der Waals surface area contributed by atoms with Gasteiger partial charge in [-0.2, -0.15) is 0 Å². The second-order valence-electron chi connectivity index (χ2n) is 5.90. The van der Waals surface area contributed by atoms with Crippen LogP contribution in [-0.4, -0.2) is 25.0 Å². The molecule has 2 aliphatic rings. The van der Waals surface area contributed by atoms with Crippen molar-refractivity contribution in [1.29, 1.82) is 0 Å². The molecule has 6 heteroatoms. The molecule has 2 N–H and O–H groups in total. The summed E-state index contributed by atoms with van der Waals surface area (Å²) in [7, 11) is 0. The van der Waals surface area contributed by atoms with Crippen LogP contribution in [0.3, 0.4) is 0 Å². The third-order valence-corrected chi connectivity index (χ3v) is 4.86. The van der Waals surface area contributed by atoms with E-state index in [4.69, 9.17) is 15.2 Å². The minimum atomic E-state index is -0.670. The molecule has 0 saturated carbocycles. The second-order valence-corrected chi connectivity index (χ2v) is 6.81. The molecule has 2 heterocycles. The van der Waals surface area contributed by atoms with Crippen LogP contribution in [0, 0.1) is 5.92 Å². The maximum Gasteiger partial charge on any atom is 0.283 e. The Labute approximate surface area is 138 Å². The van der Waals surface area contributed by atoms with E-state index in [1.54, 1.807) is 0 Å². The van der Waals surface area contributed by atoms with Crippen LogP contribution < -0.4 is 10.5 Å². The van der Waals surface area contributed by atoms with Gasteiger partial charge < -0.3 is 15.2 Å². The quantitative estimate of drug-likeness (QED) is 0.765. The summed E-state index contributed by atoms with van der Waals surface area (Å²) < 4.78 is 12.3. The minimum absolute atomic E-state index is 0.0178. The molecular weight excluding hydrogens is 348 g/mol. The van der Waals surface area contributed by atoms with Crippen molar-refractivity contribution in [2.45, 2.75) is 31.7 Å². The van der Waals surface area contributed by atoms with E-state index in [0.717, 1.165) is 22.2 Å². The lowest BCUT2D eigenvalue weighted by Crippen LogP contribution is -2.36. The van der Waals surface area contributed by atoms with Crippen LogP contribution >= 0.6 is 15.9 Å². The van der Waals surface area contributed by atoms with Crippen LogP contribution in [-0.2, 0) is 15.1 Å². The van der Waals surface area contributed by atoms with Crippen molar-refractivity contribution in [1.82, 2.24) is 0 Å². The Kier molecular flexibility index (Phi) is 4.12. The summed E-state index contributed by atoms with van der Waals surface area (Å²) in [5.74, 6) is 0.997. The van der Waals surface area contributed by atoms with Crippen LogP contribution in [0.25, 0.3) is 0 Å². The van der Waals surface area contributed by atoms with E-state index in [2.05, 4.69) is 20.9 Å². The van der Waals surface area contributed by atoms with Crippen LogP contribution in [0.15, 0.2) is 27.7 Å². The molecule has 2 atom stereocenters. The number of ketones is 1. The van der Waals surface area contributed by atoms with Crippen molar-refractivity contribution in [2.75, 3.05) is 13.2 Å². The summed E-state index contributed by atoms with van der Waals surface area (Å²) in [5, 5.41) is 0. The normalized spacial score (nSPS) is 28.5. The zero-order valence-corrected chi connectivity index (χ0v) is 14.1. The summed E-state index contributed by atoms with van der Waals surface area (Å²) in [6.07, 6.45) is 1.73. The highest BCUT2D eigenvalue weighted by Crippen LogP contribution is 2.45. The Morgan fingerprint density at radius 1 is 1.41 bits per heavy atom. The van der Waals surface area contributed by atoms with Gasteiger partial charge in [0.25, 0.3) is 6.02 Å². The fourth-order valence-electron chi connectivity index (χ4n) is 3.13. The molecule has 2 unspecified atom stereocenters. The maximum absolute atomic E-state index is 12.1. The van der Waals surface area contributed by atoms with E-state index >= 15 is 0 Å². The number of benzene rings is 1. The number of nitrogens with zero attached hydrogens (tertiary/aromatic N) is 1. The predicted octanol–water partition coefficient (Wildman–Crippen LogP) is 2.76. The summed E-state index contributed by atoms with van der Waals surface area (Å²) in [6, 6.07) is 6.03. The van der Waals surface area contributed by atoms with Gasteiger partial charge in [-0.05, 0) is 30.5 Å². The summed E-state index contributed by atoms with van der Waals surface area (Å²) >= 11 is 3.50. The molecule has 1 aromatic carbocycles. The standard InChI is InChI=1S/C16H19BrN2O3/c1-10-7-12(20)3-2-6-21-14-5-4-11(17)8-13(14)16(10)9-22-15(18)19-16/h4-5,8,10H,2-3,6-7,9H2,1H3,(H2,18,19). The van der Waals surface area contributed by atoms with Gasteiger partial charge in [0.1, 0.15) is 23.7 Å². The summed E-state index contributed by atoms with van der Waals surface area (Å²) in [4.78, 5) is 16.7. The fraction of sp³-hybridized carbons (Fsp3) is 0.500. The molecule has 22 heavy (non-hydrogen) atoms. The average molecular weight is 367 g/mol. The number of carbonyl (C=O) groups excluding carboxylic acids is 1. The molecule has 0 saturated heterocycles. The first kappa shape index (κ1) is 15.3. The van der Waals surface area contributed by atoms with Crippen LogP contribution in [0.5, 0.6) is 5.75 Å². The molecule has 0 radical (unpaired) electrons. The average Bonchev–Trinajstić information content (AvgIpc) is 2.87. The van der Waals surface area contributed by atoms with E-state index in [1.165, 1.54) is 0 Å². The molecule has 5 nitrogen and oxygen atoms in total. The van der Waals surface area contributed by atoms with Crippen molar-refractivity contribution in [3.8, 4) is 5.75 Å². The lowest BCUT2D eigenvalue weighted by Gasteiger charge is -2.33. The molecular formula is C16H19BrN2O3. The van der Waals surface area contributed by atoms with Crippen LogP contribution in [0.1, 0.15) is 31.7 Å². The molecule has 0 amide bonds. The first-order valence-electron chi connectivity index (χ1n) is 7.44. The Hall–Kier alpha value is -1.56. The zero-order chi connectivity index (χ0) is 15.7. The highest BCUT2D eigenvalue weighted by Gasteiger charge is 2.46. The van der Waals surface area contributed by atoms with Gasteiger partial charge in [-0.1, -0.05) is 22.9 Å². The highest BCUT2D eigenvalue weighted by atomic mass is 79.9. The van der Waals surface area contributed by atoms with Gasteiger partial charge >= 0.3 is 0 Å². The van der Waals surface area contributed by atoms with Crippen molar-refractivity contribution in [2.24, 2.45) is 16.6 Å². The minimum Gasteiger partial charge on any atom is -0.493 e. The van der Waals surface area contributed by atoms with Crippen molar-refractivity contribution in [3.05, 3.63) is 28.2 Å². The molecule has 0 aliphatic carbocycles. The van der Waals surface area contributed by atoms with Gasteiger partial charge in [0.15, 0.2) is 0 Å². The van der Waals surface area contributed by atoms with E-state index < -0.39 is 5.54 Å². The van der Waals surface area contributed by atoms with E-state index in [-0.39, 0.29) is 17.7 Å². The van der Waals surface area contributed by atoms with Crippen LogP contribution in [0.2, 0.25) is 0 Å². The zero-order valence-electron chi connectivity index (χ0n) is 12.5. The maximum atomic E-state index is 12.1. The largest absolute Gasteiger partial charge is 0.493 e. The predicted molar refractivity (Wildman–Crippen MR) is 86.9 cm³/mol. The van der Waals surface area contributed by atoms with E-state index in [0.29, 0.717) is 26.1 Å². The lowest BCUT2D eigenvalue weighted by atomic mass is 9.77. The number of rotatable bonds is 0. The third-order valence-electron chi connectivity index (χ3n) is 4.36. The van der Waals surface area contributed by atoms with Crippen molar-refractivity contribution in [3.63, 3.8) is 0 Å². The number of aliphatic imine (C=N–C) groups is 1. The van der Waals surface area contributed by atoms with Crippen molar-refractivity contribution < 1.29 is 14.3 Å². The molecule has 118 valence electrons. The van der Waals surface area contributed by atoms with Gasteiger partial charge in [0, 0.05) is 22.9 Å². The first-order valence-corrected chi connectivity index (χ1v) is 8.23.